The van der Waals surface area contributed by atoms with Gasteiger partial charge in [0.15, 0.2) is 0 Å². The van der Waals surface area contributed by atoms with Gasteiger partial charge >= 0.3 is 0 Å². The molecule has 0 fully saturated rings. The van der Waals surface area contributed by atoms with E-state index in [1.165, 1.54) is 21.5 Å². The standard InChI is InChI=1S/C52H30/c1-3-11-35-13-5-19-41-29-43-21-7-15-37(49(43)32-47(35)41)25-27-39-17-9-23-45-31-46-24-10-18-40(52(46)34-51(39)45)28-26-38-16-8-22-44-30-42-20-6-14-36(12-4-2)48(42)33-50(38)44/h5-10,13-24,29-34H,1-2H3. The molecule has 52 heavy (non-hydrogen) atoms. The van der Waals surface area contributed by atoms with Crippen LogP contribution in [0.2, 0.25) is 0 Å². The normalized spacial score (nSPS) is 10.7. The van der Waals surface area contributed by atoms with Gasteiger partial charge in [0.05, 0.1) is 0 Å². The zero-order valence-electron chi connectivity index (χ0n) is 28.9. The van der Waals surface area contributed by atoms with Crippen molar-refractivity contribution in [3.8, 4) is 47.4 Å². The van der Waals surface area contributed by atoms with Crippen molar-refractivity contribution in [1.29, 1.82) is 0 Å². The topological polar surface area (TPSA) is 0 Å². The van der Waals surface area contributed by atoms with Crippen molar-refractivity contribution in [2.24, 2.45) is 0 Å². The Morgan fingerprint density at radius 3 is 0.673 bits per heavy atom. The van der Waals surface area contributed by atoms with E-state index in [4.69, 9.17) is 0 Å². The summed E-state index contributed by atoms with van der Waals surface area (Å²) < 4.78 is 0. The lowest BCUT2D eigenvalue weighted by atomic mass is 9.95. The molecule has 0 heterocycles. The minimum Gasteiger partial charge on any atom is -0.101 e. The monoisotopic (exact) mass is 654 g/mol. The van der Waals surface area contributed by atoms with Gasteiger partial charge in [-0.1, -0.05) is 108 Å². The summed E-state index contributed by atoms with van der Waals surface area (Å²) in [6.45, 7) is 3.76. The van der Waals surface area contributed by atoms with E-state index in [-0.39, 0.29) is 0 Å². The molecule has 238 valence electrons. The molecule has 0 radical (unpaired) electrons. The van der Waals surface area contributed by atoms with Crippen LogP contribution >= 0.6 is 0 Å². The number of rotatable bonds is 0. The predicted molar refractivity (Wildman–Crippen MR) is 221 cm³/mol. The summed E-state index contributed by atoms with van der Waals surface area (Å²) in [4.78, 5) is 0. The number of hydrogen-bond acceptors (Lipinski definition) is 0. The van der Waals surface area contributed by atoms with Crippen LogP contribution in [0.3, 0.4) is 0 Å². The van der Waals surface area contributed by atoms with Crippen molar-refractivity contribution in [2.45, 2.75) is 13.8 Å². The largest absolute Gasteiger partial charge is 0.101 e. The maximum atomic E-state index is 3.55. The Balaban J connectivity index is 1.16. The Hall–Kier alpha value is -7.22. The second-order valence-corrected chi connectivity index (χ2v) is 13.0. The van der Waals surface area contributed by atoms with E-state index in [2.05, 4.69) is 193 Å². The summed E-state index contributed by atoms with van der Waals surface area (Å²) >= 11 is 0. The Kier molecular flexibility index (Phi) is 7.65. The molecule has 0 aliphatic heterocycles. The molecule has 0 nitrogen and oxygen atoms in total. The minimum absolute atomic E-state index is 0.990. The van der Waals surface area contributed by atoms with Crippen molar-refractivity contribution in [1.82, 2.24) is 0 Å². The molecule has 0 N–H and O–H groups in total. The van der Waals surface area contributed by atoms with E-state index in [1.807, 2.05) is 13.8 Å². The van der Waals surface area contributed by atoms with Crippen molar-refractivity contribution in [3.05, 3.63) is 179 Å². The maximum Gasteiger partial charge on any atom is 0.0327 e. The van der Waals surface area contributed by atoms with E-state index in [9.17, 15) is 0 Å². The van der Waals surface area contributed by atoms with Crippen molar-refractivity contribution in [2.75, 3.05) is 0 Å². The molecule has 0 bridgehead atoms. The molecule has 9 aromatic rings. The summed E-state index contributed by atoms with van der Waals surface area (Å²) in [7, 11) is 0. The number of fused-ring (bicyclic) bond motifs is 6. The van der Waals surface area contributed by atoms with Gasteiger partial charge in [-0.15, -0.1) is 11.8 Å². The first-order chi connectivity index (χ1) is 25.7. The highest BCUT2D eigenvalue weighted by atomic mass is 14.1. The molecule has 9 aromatic carbocycles. The smallest absolute Gasteiger partial charge is 0.0327 e. The molecule has 0 saturated heterocycles. The number of benzene rings is 9. The van der Waals surface area contributed by atoms with Gasteiger partial charge in [-0.2, -0.15) is 0 Å². The molecule has 0 atom stereocenters. The molecule has 9 rings (SSSR count). The van der Waals surface area contributed by atoms with Crippen molar-refractivity contribution >= 4 is 64.6 Å². The molecule has 0 aromatic heterocycles. The fourth-order valence-corrected chi connectivity index (χ4v) is 7.35. The van der Waals surface area contributed by atoms with Gasteiger partial charge in [-0.25, -0.2) is 0 Å². The van der Waals surface area contributed by atoms with Crippen LogP contribution in [0, 0.1) is 47.4 Å². The number of hydrogen-bond donors (Lipinski definition) is 0. The molecule has 0 heteroatoms. The third-order valence-corrected chi connectivity index (χ3v) is 9.82. The highest BCUT2D eigenvalue weighted by Crippen LogP contribution is 2.31. The lowest BCUT2D eigenvalue weighted by Crippen LogP contribution is -1.87. The van der Waals surface area contributed by atoms with Gasteiger partial charge in [0, 0.05) is 33.4 Å². The van der Waals surface area contributed by atoms with Crippen molar-refractivity contribution < 1.29 is 0 Å². The molecule has 0 saturated carbocycles. The van der Waals surface area contributed by atoms with Crippen LogP contribution in [0.1, 0.15) is 47.2 Å². The fraction of sp³-hybridized carbons (Fsp3) is 0.0385. The van der Waals surface area contributed by atoms with Gasteiger partial charge in [0.2, 0.25) is 0 Å². The Morgan fingerprint density at radius 1 is 0.250 bits per heavy atom. The summed E-state index contributed by atoms with van der Waals surface area (Å²) in [5.74, 6) is 26.8. The van der Waals surface area contributed by atoms with Crippen LogP contribution in [0.15, 0.2) is 146 Å². The summed E-state index contributed by atoms with van der Waals surface area (Å²) in [5.41, 5.74) is 6.05. The van der Waals surface area contributed by atoms with Gasteiger partial charge in [-0.05, 0) is 151 Å². The van der Waals surface area contributed by atoms with E-state index in [0.29, 0.717) is 0 Å². The summed E-state index contributed by atoms with van der Waals surface area (Å²) in [6, 6.07) is 51.5. The van der Waals surface area contributed by atoms with Gasteiger partial charge in [0.25, 0.3) is 0 Å². The Morgan fingerprint density at radius 2 is 0.462 bits per heavy atom. The summed E-state index contributed by atoms with van der Waals surface area (Å²) in [6.07, 6.45) is 0. The van der Waals surface area contributed by atoms with Crippen molar-refractivity contribution in [3.63, 3.8) is 0 Å². The zero-order chi connectivity index (χ0) is 35.0. The SMILES string of the molecule is CC#Cc1cccc2cc3cccc(C#Cc4cccc5cc6cccc(C#Cc7cccc8cc9cccc(C#CC)c9cc78)c6cc45)c3cc12. The molecule has 0 aliphatic rings. The molecular formula is C52H30. The van der Waals surface area contributed by atoms with E-state index < -0.39 is 0 Å². The third kappa shape index (κ3) is 5.48. The fourth-order valence-electron chi connectivity index (χ4n) is 7.35. The predicted octanol–water partition coefficient (Wildman–Crippen LogP) is 12.1. The lowest BCUT2D eigenvalue weighted by Gasteiger charge is -2.08. The second-order valence-electron chi connectivity index (χ2n) is 13.0. The highest BCUT2D eigenvalue weighted by molar-refractivity contribution is 6.06. The van der Waals surface area contributed by atoms with Crippen LogP contribution < -0.4 is 0 Å². The first-order valence-electron chi connectivity index (χ1n) is 17.4. The zero-order valence-corrected chi connectivity index (χ0v) is 28.9. The van der Waals surface area contributed by atoms with E-state index >= 15 is 0 Å². The quantitative estimate of drug-likeness (QED) is 0.113. The van der Waals surface area contributed by atoms with Crippen LogP contribution in [0.5, 0.6) is 0 Å². The molecular weight excluding hydrogens is 625 g/mol. The van der Waals surface area contributed by atoms with Gasteiger partial charge in [0.1, 0.15) is 0 Å². The lowest BCUT2D eigenvalue weighted by molar-refractivity contribution is 1.68. The third-order valence-electron chi connectivity index (χ3n) is 9.82. The maximum absolute atomic E-state index is 3.55. The average Bonchev–Trinajstić information content (AvgIpc) is 3.17. The van der Waals surface area contributed by atoms with Crippen LogP contribution in [-0.2, 0) is 0 Å². The van der Waals surface area contributed by atoms with Crippen LogP contribution in [0.4, 0.5) is 0 Å². The minimum atomic E-state index is 0.990. The first-order valence-corrected chi connectivity index (χ1v) is 17.4. The Labute approximate surface area is 303 Å². The molecule has 0 aliphatic carbocycles. The van der Waals surface area contributed by atoms with Gasteiger partial charge < -0.3 is 0 Å². The van der Waals surface area contributed by atoms with Crippen LogP contribution in [0.25, 0.3) is 64.6 Å². The Bertz CT molecular complexity index is 3000. The molecule has 0 amide bonds. The first kappa shape index (κ1) is 30.8. The van der Waals surface area contributed by atoms with Crippen LogP contribution in [-0.4, -0.2) is 0 Å². The van der Waals surface area contributed by atoms with Gasteiger partial charge in [-0.3, -0.25) is 0 Å². The van der Waals surface area contributed by atoms with E-state index in [1.54, 1.807) is 0 Å². The van der Waals surface area contributed by atoms with E-state index in [0.717, 1.165) is 76.5 Å². The molecule has 0 unspecified atom stereocenters. The highest BCUT2D eigenvalue weighted by Gasteiger charge is 2.08. The molecule has 0 spiro atoms. The average molecular weight is 655 g/mol. The second kappa shape index (κ2) is 12.9. The summed E-state index contributed by atoms with van der Waals surface area (Å²) in [5, 5.41) is 13.8.